The maximum Gasteiger partial charge on any atom is 0.410 e. The first-order valence-corrected chi connectivity index (χ1v) is 10.2. The zero-order chi connectivity index (χ0) is 24.5. The third kappa shape index (κ3) is 7.78. The Balaban J connectivity index is 2.38. The van der Waals surface area contributed by atoms with Gasteiger partial charge in [0, 0.05) is 27.7 Å². The van der Waals surface area contributed by atoms with E-state index in [1.54, 1.807) is 24.3 Å². The molecule has 0 spiro atoms. The highest BCUT2D eigenvalue weighted by atomic mass is 16.6. The van der Waals surface area contributed by atoms with Crippen LogP contribution in [-0.4, -0.2) is 72.4 Å². The monoisotopic (exact) mass is 465 g/mol. The van der Waals surface area contributed by atoms with Crippen LogP contribution in [0.2, 0.25) is 0 Å². The molecule has 0 bridgehead atoms. The molecule has 1 fully saturated rings. The topological polar surface area (TPSA) is 135 Å². The molecule has 180 valence electrons. The molecule has 11 heteroatoms. The molecule has 11 nitrogen and oxygen atoms in total. The van der Waals surface area contributed by atoms with E-state index in [1.165, 1.54) is 6.92 Å². The molecule has 0 aliphatic carbocycles. The normalized spacial score (nSPS) is 22.0. The number of ether oxygens (including phenoxy) is 5. The van der Waals surface area contributed by atoms with Gasteiger partial charge in [-0.25, -0.2) is 4.79 Å². The van der Waals surface area contributed by atoms with E-state index in [0.717, 1.165) is 31.2 Å². The number of rotatable bonds is 7. The first-order valence-electron chi connectivity index (χ1n) is 10.2. The number of hydrogen-bond donors (Lipinski definition) is 0. The van der Waals surface area contributed by atoms with Crippen LogP contribution in [-0.2, 0) is 49.5 Å². The van der Waals surface area contributed by atoms with Crippen LogP contribution in [0.15, 0.2) is 30.3 Å². The van der Waals surface area contributed by atoms with Gasteiger partial charge in [-0.1, -0.05) is 30.3 Å². The molecule has 0 N–H and O–H groups in total. The summed E-state index contributed by atoms with van der Waals surface area (Å²) in [4.78, 5) is 60.8. The van der Waals surface area contributed by atoms with Gasteiger partial charge in [0.25, 0.3) is 0 Å². The predicted octanol–water partition coefficient (Wildman–Crippen LogP) is 1.37. The fourth-order valence-electron chi connectivity index (χ4n) is 3.43. The third-order valence-electron chi connectivity index (χ3n) is 4.66. The van der Waals surface area contributed by atoms with Gasteiger partial charge in [-0.3, -0.25) is 24.1 Å². The van der Waals surface area contributed by atoms with Gasteiger partial charge in [0.05, 0.1) is 6.54 Å². The van der Waals surface area contributed by atoms with Gasteiger partial charge in [-0.15, -0.1) is 0 Å². The minimum Gasteiger partial charge on any atom is -0.464 e. The van der Waals surface area contributed by atoms with Crippen molar-refractivity contribution in [1.29, 1.82) is 0 Å². The highest BCUT2D eigenvalue weighted by molar-refractivity contribution is 5.71. The van der Waals surface area contributed by atoms with Crippen LogP contribution in [0, 0.1) is 0 Å². The highest BCUT2D eigenvalue weighted by Gasteiger charge is 2.51. The quantitative estimate of drug-likeness (QED) is 0.429. The molecule has 1 saturated heterocycles. The Hall–Kier alpha value is -3.63. The van der Waals surface area contributed by atoms with Crippen LogP contribution in [0.4, 0.5) is 4.79 Å². The molecule has 1 aliphatic rings. The van der Waals surface area contributed by atoms with E-state index in [9.17, 15) is 24.0 Å². The average Bonchev–Trinajstić information content (AvgIpc) is 2.73. The van der Waals surface area contributed by atoms with E-state index in [4.69, 9.17) is 23.7 Å². The van der Waals surface area contributed by atoms with E-state index < -0.39 is 54.3 Å². The number of benzene rings is 1. The second-order valence-electron chi connectivity index (χ2n) is 7.36. The maximum atomic E-state index is 13.0. The molecule has 0 radical (unpaired) electrons. The van der Waals surface area contributed by atoms with Gasteiger partial charge in [-0.2, -0.15) is 0 Å². The summed E-state index contributed by atoms with van der Waals surface area (Å²) in [5, 5.41) is 0. The lowest BCUT2D eigenvalue weighted by Crippen LogP contribution is -2.66. The van der Waals surface area contributed by atoms with Gasteiger partial charge >= 0.3 is 30.0 Å². The number of likely N-dealkylation sites (tertiary alicyclic amines) is 1. The Labute approximate surface area is 190 Å². The summed E-state index contributed by atoms with van der Waals surface area (Å²) >= 11 is 0. The maximum absolute atomic E-state index is 13.0. The fourth-order valence-corrected chi connectivity index (χ4v) is 3.43. The molecule has 0 unspecified atom stereocenters. The standard InChI is InChI=1S/C22H27NO10/c1-13(24)29-12-18-20(32-15(3)26)21(33-16(4)27)19(31-14(2)25)10-23(18)22(28)30-11-17-8-6-5-7-9-17/h5-9,18-21H,10-12H2,1-4H3/t18-,19+,20-,21-/m1/s1. The summed E-state index contributed by atoms with van der Waals surface area (Å²) in [5.74, 6) is -2.80. The van der Waals surface area contributed by atoms with Crippen molar-refractivity contribution in [2.24, 2.45) is 0 Å². The van der Waals surface area contributed by atoms with Gasteiger partial charge in [-0.05, 0) is 5.56 Å². The van der Waals surface area contributed by atoms with Crippen LogP contribution in [0.3, 0.4) is 0 Å². The van der Waals surface area contributed by atoms with Crippen molar-refractivity contribution in [2.75, 3.05) is 13.2 Å². The molecular formula is C22H27NO10. The average molecular weight is 465 g/mol. The fraction of sp³-hybridized carbons (Fsp3) is 0.500. The van der Waals surface area contributed by atoms with Crippen LogP contribution < -0.4 is 0 Å². The van der Waals surface area contributed by atoms with Gasteiger partial charge in [0.1, 0.15) is 19.3 Å². The molecule has 1 amide bonds. The molecule has 4 atom stereocenters. The molecular weight excluding hydrogens is 438 g/mol. The van der Waals surface area contributed by atoms with Crippen LogP contribution in [0.25, 0.3) is 0 Å². The Bertz CT molecular complexity index is 871. The summed E-state index contributed by atoms with van der Waals surface area (Å²) in [6.07, 6.45) is -4.53. The van der Waals surface area contributed by atoms with E-state index in [-0.39, 0.29) is 19.8 Å². The first kappa shape index (κ1) is 25.6. The number of carbonyl (C=O) groups excluding carboxylic acids is 5. The summed E-state index contributed by atoms with van der Waals surface area (Å²) in [6.45, 7) is 3.90. The predicted molar refractivity (Wildman–Crippen MR) is 110 cm³/mol. The lowest BCUT2D eigenvalue weighted by Gasteiger charge is -2.45. The molecule has 0 aromatic heterocycles. The number of carbonyl (C=O) groups is 5. The van der Waals surface area contributed by atoms with Gasteiger partial charge in [0.15, 0.2) is 18.3 Å². The van der Waals surface area contributed by atoms with Crippen LogP contribution in [0.5, 0.6) is 0 Å². The Morgan fingerprint density at radius 2 is 1.36 bits per heavy atom. The second-order valence-corrected chi connectivity index (χ2v) is 7.36. The van der Waals surface area contributed by atoms with Gasteiger partial charge < -0.3 is 23.7 Å². The Kier molecular flexibility index (Phi) is 9.19. The van der Waals surface area contributed by atoms with Crippen LogP contribution in [0.1, 0.15) is 33.3 Å². The summed E-state index contributed by atoms with van der Waals surface area (Å²) in [6, 6.07) is 7.83. The highest BCUT2D eigenvalue weighted by Crippen LogP contribution is 2.28. The van der Waals surface area contributed by atoms with E-state index >= 15 is 0 Å². The summed E-state index contributed by atoms with van der Waals surface area (Å²) in [5.41, 5.74) is 0.727. The summed E-state index contributed by atoms with van der Waals surface area (Å²) in [7, 11) is 0. The third-order valence-corrected chi connectivity index (χ3v) is 4.66. The number of nitrogens with zero attached hydrogens (tertiary/aromatic N) is 1. The summed E-state index contributed by atoms with van der Waals surface area (Å²) < 4.78 is 26.4. The number of hydrogen-bond acceptors (Lipinski definition) is 10. The Morgan fingerprint density at radius 3 is 1.91 bits per heavy atom. The number of amides is 1. The molecule has 2 rings (SSSR count). The SMILES string of the molecule is CC(=O)OC[C@@H]1[C@@H](OC(C)=O)[C@H](OC(C)=O)[C@@H](OC(C)=O)CN1C(=O)OCc1ccccc1. The van der Waals surface area contributed by atoms with Crippen molar-refractivity contribution in [1.82, 2.24) is 4.90 Å². The van der Waals surface area contributed by atoms with E-state index in [2.05, 4.69) is 0 Å². The van der Waals surface area contributed by atoms with Crippen molar-refractivity contribution >= 4 is 30.0 Å². The minimum absolute atomic E-state index is 0.0553. The lowest BCUT2D eigenvalue weighted by molar-refractivity contribution is -0.204. The Morgan fingerprint density at radius 1 is 0.788 bits per heavy atom. The first-order chi connectivity index (χ1) is 15.6. The van der Waals surface area contributed by atoms with Gasteiger partial charge in [0.2, 0.25) is 0 Å². The lowest BCUT2D eigenvalue weighted by atomic mass is 9.93. The molecule has 1 heterocycles. The molecule has 33 heavy (non-hydrogen) atoms. The molecule has 1 aliphatic heterocycles. The zero-order valence-corrected chi connectivity index (χ0v) is 18.8. The molecule has 0 saturated carbocycles. The number of esters is 4. The zero-order valence-electron chi connectivity index (χ0n) is 18.8. The molecule has 1 aromatic carbocycles. The van der Waals surface area contributed by atoms with Crippen LogP contribution >= 0.6 is 0 Å². The van der Waals surface area contributed by atoms with Crippen molar-refractivity contribution in [3.05, 3.63) is 35.9 Å². The van der Waals surface area contributed by atoms with Crippen molar-refractivity contribution in [3.63, 3.8) is 0 Å². The van der Waals surface area contributed by atoms with E-state index in [0.29, 0.717) is 0 Å². The smallest absolute Gasteiger partial charge is 0.410 e. The minimum atomic E-state index is -1.30. The van der Waals surface area contributed by atoms with Crippen molar-refractivity contribution < 1.29 is 47.7 Å². The number of piperidine rings is 1. The van der Waals surface area contributed by atoms with Crippen molar-refractivity contribution in [2.45, 2.75) is 58.7 Å². The second kappa shape index (κ2) is 11.8. The van der Waals surface area contributed by atoms with Crippen molar-refractivity contribution in [3.8, 4) is 0 Å². The van der Waals surface area contributed by atoms with E-state index in [1.807, 2.05) is 6.07 Å². The molecule has 1 aromatic rings. The largest absolute Gasteiger partial charge is 0.464 e.